The van der Waals surface area contributed by atoms with E-state index in [9.17, 15) is 0 Å². The van der Waals surface area contributed by atoms with E-state index in [4.69, 9.17) is 0 Å². The third-order valence-electron chi connectivity index (χ3n) is 3.15. The molecule has 0 amide bonds. The molecule has 0 saturated heterocycles. The van der Waals surface area contributed by atoms with Gasteiger partial charge in [0, 0.05) is 18.6 Å². The van der Waals surface area contributed by atoms with Crippen LogP contribution in [0.5, 0.6) is 0 Å². The molecule has 2 heteroatoms. The van der Waals surface area contributed by atoms with Gasteiger partial charge in [-0.25, -0.2) is 0 Å². The van der Waals surface area contributed by atoms with Crippen LogP contribution in [0.4, 0.5) is 0 Å². The second kappa shape index (κ2) is 5.86. The van der Waals surface area contributed by atoms with Crippen molar-refractivity contribution in [3.63, 3.8) is 0 Å². The van der Waals surface area contributed by atoms with Gasteiger partial charge in [-0.1, -0.05) is 13.8 Å². The van der Waals surface area contributed by atoms with Gasteiger partial charge in [0.05, 0.1) is 0 Å². The van der Waals surface area contributed by atoms with Gasteiger partial charge in [0.25, 0.3) is 0 Å². The Bertz CT molecular complexity index is 164. The van der Waals surface area contributed by atoms with Crippen LogP contribution in [-0.4, -0.2) is 37.6 Å². The van der Waals surface area contributed by atoms with E-state index in [-0.39, 0.29) is 5.54 Å². The second-order valence-electron chi connectivity index (χ2n) is 6.05. The second-order valence-corrected chi connectivity index (χ2v) is 6.05. The van der Waals surface area contributed by atoms with Crippen molar-refractivity contribution < 1.29 is 0 Å². The molecule has 0 aromatic heterocycles. The summed E-state index contributed by atoms with van der Waals surface area (Å²) in [5.74, 6) is 0. The summed E-state index contributed by atoms with van der Waals surface area (Å²) in [7, 11) is 4.33. The number of hydrogen-bond donors (Lipinski definition) is 1. The van der Waals surface area contributed by atoms with Gasteiger partial charge >= 0.3 is 0 Å². The molecule has 0 saturated carbocycles. The van der Waals surface area contributed by atoms with E-state index in [1.807, 2.05) is 0 Å². The van der Waals surface area contributed by atoms with Crippen LogP contribution in [0.2, 0.25) is 0 Å². The zero-order chi connectivity index (χ0) is 12.1. The Morgan fingerprint density at radius 1 is 1.00 bits per heavy atom. The summed E-state index contributed by atoms with van der Waals surface area (Å²) < 4.78 is 0. The fourth-order valence-corrected chi connectivity index (χ4v) is 1.90. The molecule has 0 aliphatic heterocycles. The van der Waals surface area contributed by atoms with E-state index < -0.39 is 0 Å². The quantitative estimate of drug-likeness (QED) is 0.731. The van der Waals surface area contributed by atoms with Gasteiger partial charge < -0.3 is 10.2 Å². The average Bonchev–Trinajstić information content (AvgIpc) is 2.10. The summed E-state index contributed by atoms with van der Waals surface area (Å²) in [6.45, 7) is 13.6. The highest BCUT2D eigenvalue weighted by Crippen LogP contribution is 2.26. The highest BCUT2D eigenvalue weighted by atomic mass is 15.1. The van der Waals surface area contributed by atoms with Gasteiger partial charge in [-0.15, -0.1) is 0 Å². The van der Waals surface area contributed by atoms with Crippen molar-refractivity contribution in [2.45, 2.75) is 53.0 Å². The van der Waals surface area contributed by atoms with E-state index in [1.54, 1.807) is 0 Å². The molecule has 0 heterocycles. The van der Waals surface area contributed by atoms with Crippen LogP contribution in [0.3, 0.4) is 0 Å². The van der Waals surface area contributed by atoms with Crippen molar-refractivity contribution in [3.05, 3.63) is 0 Å². The van der Waals surface area contributed by atoms with Gasteiger partial charge in [0.15, 0.2) is 0 Å². The SMILES string of the molecule is CCC(CC)(CNC(C)(C)C)CN(C)C. The smallest absolute Gasteiger partial charge is 0.00967 e. The van der Waals surface area contributed by atoms with Crippen molar-refractivity contribution >= 4 is 0 Å². The first-order chi connectivity index (χ1) is 6.74. The average molecular weight is 214 g/mol. The standard InChI is InChI=1S/C13H30N2/c1-8-13(9-2,11-15(6)7)10-14-12(3,4)5/h14H,8-11H2,1-7H3. The van der Waals surface area contributed by atoms with Crippen LogP contribution < -0.4 is 5.32 Å². The molecule has 0 fully saturated rings. The Hall–Kier alpha value is -0.0800. The lowest BCUT2D eigenvalue weighted by molar-refractivity contribution is 0.161. The third kappa shape index (κ3) is 6.16. The van der Waals surface area contributed by atoms with Gasteiger partial charge in [-0.3, -0.25) is 0 Å². The van der Waals surface area contributed by atoms with Crippen molar-refractivity contribution in [1.82, 2.24) is 10.2 Å². The molecule has 0 rings (SSSR count). The minimum atomic E-state index is 0.224. The molecule has 0 aliphatic carbocycles. The summed E-state index contributed by atoms with van der Waals surface area (Å²) in [5.41, 5.74) is 0.651. The first-order valence-corrected chi connectivity index (χ1v) is 6.14. The molecule has 0 aromatic rings. The predicted octanol–water partition coefficient (Wildman–Crippen LogP) is 2.74. The number of nitrogens with one attached hydrogen (secondary N) is 1. The molecular formula is C13H30N2. The molecule has 15 heavy (non-hydrogen) atoms. The van der Waals surface area contributed by atoms with E-state index in [0.717, 1.165) is 6.54 Å². The first kappa shape index (κ1) is 14.9. The zero-order valence-corrected chi connectivity index (χ0v) is 11.8. The van der Waals surface area contributed by atoms with Crippen molar-refractivity contribution in [2.75, 3.05) is 27.2 Å². The lowest BCUT2D eigenvalue weighted by atomic mass is 9.81. The van der Waals surface area contributed by atoms with Crippen molar-refractivity contribution in [3.8, 4) is 0 Å². The number of hydrogen-bond acceptors (Lipinski definition) is 2. The highest BCUT2D eigenvalue weighted by Gasteiger charge is 2.28. The minimum Gasteiger partial charge on any atom is -0.311 e. The van der Waals surface area contributed by atoms with Crippen LogP contribution in [0.15, 0.2) is 0 Å². The van der Waals surface area contributed by atoms with E-state index in [2.05, 4.69) is 58.9 Å². The van der Waals surface area contributed by atoms with Crippen LogP contribution in [0.1, 0.15) is 47.5 Å². The molecule has 2 nitrogen and oxygen atoms in total. The molecule has 0 radical (unpaired) electrons. The fraction of sp³-hybridized carbons (Fsp3) is 1.00. The van der Waals surface area contributed by atoms with Gasteiger partial charge in [-0.2, -0.15) is 0 Å². The van der Waals surface area contributed by atoms with Crippen molar-refractivity contribution in [1.29, 1.82) is 0 Å². The van der Waals surface area contributed by atoms with Crippen molar-refractivity contribution in [2.24, 2.45) is 5.41 Å². The maximum Gasteiger partial charge on any atom is 0.00967 e. The Morgan fingerprint density at radius 2 is 1.47 bits per heavy atom. The van der Waals surface area contributed by atoms with E-state index in [1.165, 1.54) is 19.4 Å². The lowest BCUT2D eigenvalue weighted by Crippen LogP contribution is -2.47. The van der Waals surface area contributed by atoms with Gasteiger partial charge in [-0.05, 0) is 53.1 Å². The zero-order valence-electron chi connectivity index (χ0n) is 11.8. The summed E-state index contributed by atoms with van der Waals surface area (Å²) in [6, 6.07) is 0. The minimum absolute atomic E-state index is 0.224. The maximum atomic E-state index is 3.64. The summed E-state index contributed by atoms with van der Waals surface area (Å²) in [6.07, 6.45) is 2.48. The molecule has 0 unspecified atom stereocenters. The Labute approximate surface area is 96.4 Å². The molecule has 1 N–H and O–H groups in total. The molecule has 92 valence electrons. The molecule has 0 atom stereocenters. The molecule has 0 aliphatic rings. The van der Waals surface area contributed by atoms with Crippen LogP contribution in [0, 0.1) is 5.41 Å². The Morgan fingerprint density at radius 3 is 1.73 bits per heavy atom. The van der Waals surface area contributed by atoms with Gasteiger partial charge in [0.1, 0.15) is 0 Å². The summed E-state index contributed by atoms with van der Waals surface area (Å²) in [4.78, 5) is 2.30. The van der Waals surface area contributed by atoms with Crippen LogP contribution in [-0.2, 0) is 0 Å². The summed E-state index contributed by atoms with van der Waals surface area (Å²) >= 11 is 0. The van der Waals surface area contributed by atoms with Crippen LogP contribution in [0.25, 0.3) is 0 Å². The normalized spacial score (nSPS) is 13.6. The Balaban J connectivity index is 4.37. The monoisotopic (exact) mass is 214 g/mol. The highest BCUT2D eigenvalue weighted by molar-refractivity contribution is 4.84. The molecule has 0 bridgehead atoms. The Kier molecular flexibility index (Phi) is 5.82. The maximum absolute atomic E-state index is 3.64. The molecular weight excluding hydrogens is 184 g/mol. The van der Waals surface area contributed by atoms with E-state index in [0.29, 0.717) is 5.41 Å². The summed E-state index contributed by atoms with van der Waals surface area (Å²) in [5, 5.41) is 3.64. The predicted molar refractivity (Wildman–Crippen MR) is 69.3 cm³/mol. The molecule has 0 spiro atoms. The largest absolute Gasteiger partial charge is 0.311 e. The first-order valence-electron chi connectivity index (χ1n) is 6.14. The van der Waals surface area contributed by atoms with Crippen LogP contribution >= 0.6 is 0 Å². The van der Waals surface area contributed by atoms with Gasteiger partial charge in [0.2, 0.25) is 0 Å². The number of rotatable bonds is 6. The lowest BCUT2D eigenvalue weighted by Gasteiger charge is -2.37. The third-order valence-corrected chi connectivity index (χ3v) is 3.15. The fourth-order valence-electron chi connectivity index (χ4n) is 1.90. The topological polar surface area (TPSA) is 15.3 Å². The van der Waals surface area contributed by atoms with E-state index >= 15 is 0 Å². The number of nitrogens with zero attached hydrogens (tertiary/aromatic N) is 1. The molecule has 0 aromatic carbocycles.